The quantitative estimate of drug-likeness (QED) is 0.170. The van der Waals surface area contributed by atoms with E-state index in [1.807, 2.05) is 0 Å². The number of ether oxygens (including phenoxy) is 1. The predicted molar refractivity (Wildman–Crippen MR) is 415 cm³/mol. The van der Waals surface area contributed by atoms with E-state index in [4.69, 9.17) is 4.74 Å². The molecule has 3 spiro atoms. The number of carbonyl (C=O) groups excluding carboxylic acids is 1. The SMILES string of the molecule is CC(C)CCC[C@@H](C)[C@@H]1CCC2C3C[C@@H](O)C45C[C@H]4CC[C@]5(C)C3CC[C@@]21C.CC(C)CCC[C@@H](C)[C@H]1CCC2C3C(CC[C@@]21C)[C@@]1(C)CCC[C@@H](O)[C@]12CC32.CCC[C@@H]1CC[C@]23CCC4C(CC[C@H]5CCCC[C@]45C)C2CC[C@@H]13.C[C@]12CCC(=O)OC1=CCC1C2CC[C@@]2(C)C1CC[C@@H]2O. The molecule has 5 heteroatoms. The molecule has 18 fully saturated rings. The number of hydrogen-bond acceptors (Lipinski definition) is 5. The zero-order valence-corrected chi connectivity index (χ0v) is 68.2. The molecule has 1 heterocycles. The number of fused-ring (bicyclic) bond motifs is 18. The van der Waals surface area contributed by atoms with Crippen LogP contribution in [0.1, 0.15) is 373 Å². The molecule has 0 bridgehead atoms. The summed E-state index contributed by atoms with van der Waals surface area (Å²) in [6.45, 7) is 35.0. The van der Waals surface area contributed by atoms with Gasteiger partial charge in [0.05, 0.1) is 18.3 Å². The Morgan fingerprint density at radius 1 is 0.446 bits per heavy atom. The van der Waals surface area contributed by atoms with Crippen LogP contribution in [-0.4, -0.2) is 39.6 Å². The van der Waals surface area contributed by atoms with Crippen LogP contribution in [0.15, 0.2) is 11.8 Å². The Bertz CT molecular complexity index is 3000. The summed E-state index contributed by atoms with van der Waals surface area (Å²) in [7, 11) is 0. The highest BCUT2D eigenvalue weighted by atomic mass is 16.5. The van der Waals surface area contributed by atoms with Gasteiger partial charge in [0.25, 0.3) is 0 Å². The molecule has 17 saturated carbocycles. The second-order valence-corrected chi connectivity index (χ2v) is 45.2. The molecule has 34 atom stereocenters. The van der Waals surface area contributed by atoms with Crippen LogP contribution in [0.25, 0.3) is 0 Å². The molecule has 0 aromatic rings. The van der Waals surface area contributed by atoms with Crippen molar-refractivity contribution in [2.75, 3.05) is 0 Å². The van der Waals surface area contributed by atoms with Crippen molar-refractivity contribution < 1.29 is 24.9 Å². The molecule has 101 heavy (non-hydrogen) atoms. The van der Waals surface area contributed by atoms with Gasteiger partial charge in [-0.1, -0.05) is 168 Å². The molecule has 5 nitrogen and oxygen atoms in total. The highest BCUT2D eigenvalue weighted by molar-refractivity contribution is 5.72. The van der Waals surface area contributed by atoms with Crippen molar-refractivity contribution in [3.05, 3.63) is 11.8 Å². The second-order valence-electron chi connectivity index (χ2n) is 45.2. The van der Waals surface area contributed by atoms with Gasteiger partial charge in [-0.3, -0.25) is 4.79 Å². The molecule has 19 aliphatic rings. The summed E-state index contributed by atoms with van der Waals surface area (Å²) >= 11 is 0. The average molecular weight is 1390 g/mol. The molecule has 0 aromatic carbocycles. The molecule has 14 unspecified atom stereocenters. The smallest absolute Gasteiger partial charge is 0.310 e. The maximum Gasteiger partial charge on any atom is 0.310 e. The van der Waals surface area contributed by atoms with Gasteiger partial charge in [0, 0.05) is 22.7 Å². The fourth-order valence-electron chi connectivity index (χ4n) is 36.5. The van der Waals surface area contributed by atoms with E-state index < -0.39 is 0 Å². The van der Waals surface area contributed by atoms with E-state index in [2.05, 4.69) is 103 Å². The molecule has 1 aliphatic heterocycles. The Balaban J connectivity index is 0.000000105. The standard InChI is InChI=1S/2C27H46O.C24H40.C18H26O3/c1-17(2)8-6-9-18(3)19-11-12-20-24-21(13-15-25(19,20)4)26(5)14-7-10-23(28)27(26)16-22(24)27;1-17(2)7-6-8-18(3)21-9-10-22-20-15-24(28)27-16-19(27)11-14-26(27,5)23(20)12-13-25(21,22)4;1-3-6-17-12-15-24-16-13-21-19(22(24)11-10-20(17)24)9-8-18-7-4-5-14-23(18,21)2;1-17-9-7-13-11(12(17)4-5-14(17)19)3-6-15-18(13,2)10-8-16(20)21-15/h2*17-24,28H,6-16H2,1-5H3;17-22H,3-16H2,1-2H3;6,11-14,19H,3-5,7-10H2,1-2H3/t18-,19-,20?,21?,22?,23-,24?,25-,26-,27-;18-,19-,20?,21+,22?,23?,24-,25-,26-,27?;17-,18-,19?,20+,21?,22?,23+,24-;11?,12?,13?,14-,17-,18+/m1110/s1. The van der Waals surface area contributed by atoms with Crippen molar-refractivity contribution in [2.45, 2.75) is 391 Å². The first-order valence-corrected chi connectivity index (χ1v) is 46.1. The lowest BCUT2D eigenvalue weighted by molar-refractivity contribution is -0.152. The molecule has 18 aliphatic carbocycles. The van der Waals surface area contributed by atoms with Crippen LogP contribution < -0.4 is 0 Å². The lowest BCUT2D eigenvalue weighted by atomic mass is 9.44. The van der Waals surface area contributed by atoms with E-state index >= 15 is 0 Å². The summed E-state index contributed by atoms with van der Waals surface area (Å²) in [4.78, 5) is 11.6. The first-order valence-electron chi connectivity index (χ1n) is 46.1. The fraction of sp³-hybridized carbons (Fsp3) is 0.969. The van der Waals surface area contributed by atoms with Gasteiger partial charge < -0.3 is 20.1 Å². The number of carbonyl (C=O) groups is 1. The van der Waals surface area contributed by atoms with Crippen LogP contribution in [0.3, 0.4) is 0 Å². The van der Waals surface area contributed by atoms with Crippen LogP contribution in [0, 0.1) is 190 Å². The number of aliphatic hydroxyl groups excluding tert-OH is 3. The maximum absolute atomic E-state index is 11.6. The Morgan fingerprint density at radius 2 is 1.06 bits per heavy atom. The number of allylic oxidation sites excluding steroid dienone is 2. The minimum atomic E-state index is -0.120. The van der Waals surface area contributed by atoms with Crippen molar-refractivity contribution in [1.29, 1.82) is 0 Å². The first-order chi connectivity index (χ1) is 48.1. The summed E-state index contributed by atoms with van der Waals surface area (Å²) in [5.41, 5.74) is 4.50. The normalized spacial score (nSPS) is 55.0. The van der Waals surface area contributed by atoms with Crippen LogP contribution in [0.4, 0.5) is 0 Å². The molecule has 572 valence electrons. The Kier molecular flexibility index (Phi) is 19.8. The molecule has 19 rings (SSSR count). The van der Waals surface area contributed by atoms with E-state index in [0.717, 1.165) is 180 Å². The molecule has 0 amide bonds. The van der Waals surface area contributed by atoms with Crippen molar-refractivity contribution in [2.24, 2.45) is 190 Å². The van der Waals surface area contributed by atoms with Crippen molar-refractivity contribution in [3.8, 4) is 0 Å². The predicted octanol–water partition coefficient (Wildman–Crippen LogP) is 24.8. The summed E-state index contributed by atoms with van der Waals surface area (Å²) in [5, 5.41) is 32.8. The van der Waals surface area contributed by atoms with Crippen molar-refractivity contribution >= 4 is 5.97 Å². The van der Waals surface area contributed by atoms with Crippen molar-refractivity contribution in [3.63, 3.8) is 0 Å². The monoisotopic (exact) mass is 1390 g/mol. The van der Waals surface area contributed by atoms with Gasteiger partial charge in [0.15, 0.2) is 0 Å². The minimum Gasteiger partial charge on any atom is -0.431 e. The van der Waals surface area contributed by atoms with Gasteiger partial charge in [0.2, 0.25) is 0 Å². The third kappa shape index (κ3) is 11.2. The molecule has 0 radical (unpaired) electrons. The third-order valence-corrected chi connectivity index (χ3v) is 41.5. The number of rotatable bonds is 12. The largest absolute Gasteiger partial charge is 0.431 e. The lowest BCUT2D eigenvalue weighted by Gasteiger charge is -2.60. The van der Waals surface area contributed by atoms with Gasteiger partial charge in [-0.2, -0.15) is 0 Å². The Morgan fingerprint density at radius 3 is 1.77 bits per heavy atom. The van der Waals surface area contributed by atoms with E-state index in [1.165, 1.54) is 161 Å². The van der Waals surface area contributed by atoms with Crippen LogP contribution in [0.2, 0.25) is 0 Å². The van der Waals surface area contributed by atoms with E-state index in [1.54, 1.807) is 64.2 Å². The van der Waals surface area contributed by atoms with Crippen LogP contribution >= 0.6 is 0 Å². The zero-order valence-electron chi connectivity index (χ0n) is 68.2. The molecule has 0 aromatic heterocycles. The summed E-state index contributed by atoms with van der Waals surface area (Å²) in [5.74, 6) is 22.1. The van der Waals surface area contributed by atoms with Crippen LogP contribution in [0.5, 0.6) is 0 Å². The van der Waals surface area contributed by atoms with E-state index in [9.17, 15) is 20.1 Å². The zero-order chi connectivity index (χ0) is 71.0. The highest BCUT2D eigenvalue weighted by Crippen LogP contribution is 2.86. The van der Waals surface area contributed by atoms with Gasteiger partial charge >= 0.3 is 5.97 Å². The molecular formula is C96H158O5. The van der Waals surface area contributed by atoms with Gasteiger partial charge in [0.1, 0.15) is 5.76 Å². The second kappa shape index (κ2) is 26.9. The van der Waals surface area contributed by atoms with Gasteiger partial charge in [-0.05, 0) is 379 Å². The number of aliphatic hydroxyl groups is 3. The minimum absolute atomic E-state index is 0.0103. The molecule has 1 saturated heterocycles. The summed E-state index contributed by atoms with van der Waals surface area (Å²) in [6, 6.07) is 0. The molecule has 3 N–H and O–H groups in total. The maximum atomic E-state index is 11.6. The van der Waals surface area contributed by atoms with Crippen molar-refractivity contribution in [1.82, 2.24) is 0 Å². The van der Waals surface area contributed by atoms with E-state index in [-0.39, 0.29) is 35.1 Å². The Labute approximate surface area is 620 Å². The number of hydrogen-bond donors (Lipinski definition) is 3. The topological polar surface area (TPSA) is 87.0 Å². The van der Waals surface area contributed by atoms with Gasteiger partial charge in [-0.25, -0.2) is 0 Å². The van der Waals surface area contributed by atoms with Crippen LogP contribution in [-0.2, 0) is 9.53 Å². The average Bonchev–Trinajstić information content (AvgIpc) is 1.48. The van der Waals surface area contributed by atoms with E-state index in [0.29, 0.717) is 56.7 Å². The Hall–Kier alpha value is -0.910. The summed E-state index contributed by atoms with van der Waals surface area (Å²) in [6.07, 6.45) is 61.9. The number of esters is 1. The first kappa shape index (κ1) is 74.2. The third-order valence-electron chi connectivity index (χ3n) is 41.5. The lowest BCUT2D eigenvalue weighted by Crippen LogP contribution is -2.56. The highest BCUT2D eigenvalue weighted by Gasteiger charge is 2.82. The fourth-order valence-corrected chi connectivity index (χ4v) is 36.5. The molecular weight excluding hydrogens is 1230 g/mol. The van der Waals surface area contributed by atoms with Gasteiger partial charge in [-0.15, -0.1) is 0 Å². The summed E-state index contributed by atoms with van der Waals surface area (Å²) < 4.78 is 5.57.